The maximum Gasteiger partial charge on any atom is 0.313 e. The first kappa shape index (κ1) is 12.8. The quantitative estimate of drug-likeness (QED) is 0.841. The third-order valence-electron chi connectivity index (χ3n) is 2.56. The van der Waals surface area contributed by atoms with Crippen LogP contribution < -0.4 is 4.74 Å². The number of hydrogen-bond acceptors (Lipinski definition) is 4. The highest BCUT2D eigenvalue weighted by Gasteiger charge is 2.12. The second-order valence-electron chi connectivity index (χ2n) is 3.68. The van der Waals surface area contributed by atoms with Crippen molar-refractivity contribution in [2.45, 2.75) is 18.6 Å². The lowest BCUT2D eigenvalue weighted by Gasteiger charge is -2.04. The van der Waals surface area contributed by atoms with Gasteiger partial charge in [0, 0.05) is 12.6 Å². The standard InChI is InChI=1S/C12H14N2O3S/c1-3-14-10-5-4-8(17-2)6-9(10)13-12(14)18-7-11(15)16/h4-6H,3,7H2,1-2H3,(H,15,16). The molecule has 18 heavy (non-hydrogen) atoms. The SMILES string of the molecule is CCn1c(SCC(=O)O)nc2cc(OC)ccc21. The summed E-state index contributed by atoms with van der Waals surface area (Å²) in [6, 6.07) is 5.67. The van der Waals surface area contributed by atoms with Crippen molar-refractivity contribution in [3.05, 3.63) is 18.2 Å². The molecule has 0 saturated carbocycles. The Morgan fingerprint density at radius 2 is 2.33 bits per heavy atom. The monoisotopic (exact) mass is 266 g/mol. The Morgan fingerprint density at radius 3 is 2.94 bits per heavy atom. The largest absolute Gasteiger partial charge is 0.497 e. The van der Waals surface area contributed by atoms with E-state index in [0.717, 1.165) is 28.5 Å². The minimum atomic E-state index is -0.840. The molecule has 0 spiro atoms. The molecule has 0 radical (unpaired) electrons. The van der Waals surface area contributed by atoms with E-state index in [1.165, 1.54) is 11.8 Å². The van der Waals surface area contributed by atoms with Crippen molar-refractivity contribution in [2.24, 2.45) is 0 Å². The van der Waals surface area contributed by atoms with Crippen LogP contribution in [0.4, 0.5) is 0 Å². The molecule has 0 aliphatic carbocycles. The van der Waals surface area contributed by atoms with E-state index < -0.39 is 5.97 Å². The predicted molar refractivity (Wildman–Crippen MR) is 70.3 cm³/mol. The number of fused-ring (bicyclic) bond motifs is 1. The molecule has 0 unspecified atom stereocenters. The molecular weight excluding hydrogens is 252 g/mol. The number of aliphatic carboxylic acids is 1. The lowest BCUT2D eigenvalue weighted by molar-refractivity contribution is -0.133. The van der Waals surface area contributed by atoms with Crippen molar-refractivity contribution in [3.63, 3.8) is 0 Å². The summed E-state index contributed by atoms with van der Waals surface area (Å²) in [5.74, 6) is -0.0779. The fourth-order valence-corrected chi connectivity index (χ4v) is 2.56. The Bertz CT molecular complexity index is 580. The summed E-state index contributed by atoms with van der Waals surface area (Å²) in [5.41, 5.74) is 1.82. The third kappa shape index (κ3) is 2.43. The normalized spacial score (nSPS) is 10.8. The molecular formula is C12H14N2O3S. The highest BCUT2D eigenvalue weighted by atomic mass is 32.2. The van der Waals surface area contributed by atoms with Gasteiger partial charge in [-0.15, -0.1) is 0 Å². The molecule has 6 heteroatoms. The first-order chi connectivity index (χ1) is 8.65. The van der Waals surface area contributed by atoms with Crippen LogP contribution >= 0.6 is 11.8 Å². The molecule has 0 fully saturated rings. The minimum absolute atomic E-state index is 0.0143. The minimum Gasteiger partial charge on any atom is -0.497 e. The average molecular weight is 266 g/mol. The van der Waals surface area contributed by atoms with Crippen LogP contribution in [0.1, 0.15) is 6.92 Å². The van der Waals surface area contributed by atoms with Gasteiger partial charge in [-0.2, -0.15) is 0 Å². The Labute approximate surface area is 109 Å². The van der Waals surface area contributed by atoms with E-state index in [1.807, 2.05) is 29.7 Å². The summed E-state index contributed by atoms with van der Waals surface area (Å²) in [6.45, 7) is 2.76. The van der Waals surface area contributed by atoms with E-state index in [1.54, 1.807) is 7.11 Å². The highest BCUT2D eigenvalue weighted by molar-refractivity contribution is 7.99. The van der Waals surface area contributed by atoms with Crippen LogP contribution in [0.3, 0.4) is 0 Å². The van der Waals surface area contributed by atoms with Gasteiger partial charge in [0.1, 0.15) is 5.75 Å². The van der Waals surface area contributed by atoms with E-state index >= 15 is 0 Å². The number of ether oxygens (including phenoxy) is 1. The lowest BCUT2D eigenvalue weighted by Crippen LogP contribution is -2.01. The first-order valence-corrected chi connectivity index (χ1v) is 6.53. The molecule has 0 bridgehead atoms. The zero-order valence-corrected chi connectivity index (χ0v) is 11.0. The summed E-state index contributed by atoms with van der Waals surface area (Å²) in [4.78, 5) is 15.1. The molecule has 1 heterocycles. The maximum absolute atomic E-state index is 10.6. The fourth-order valence-electron chi connectivity index (χ4n) is 1.76. The number of imidazole rings is 1. The number of nitrogens with zero attached hydrogens (tertiary/aromatic N) is 2. The Balaban J connectivity index is 2.43. The third-order valence-corrected chi connectivity index (χ3v) is 3.52. The number of carboxylic acid groups (broad SMARTS) is 1. The summed E-state index contributed by atoms with van der Waals surface area (Å²) in [7, 11) is 1.61. The first-order valence-electron chi connectivity index (χ1n) is 5.54. The van der Waals surface area contributed by atoms with Gasteiger partial charge in [0.05, 0.1) is 23.9 Å². The number of aryl methyl sites for hydroxylation is 1. The zero-order valence-electron chi connectivity index (χ0n) is 10.2. The molecule has 0 atom stereocenters. The van der Waals surface area contributed by atoms with Gasteiger partial charge in [-0.25, -0.2) is 4.98 Å². The summed E-state index contributed by atoms with van der Waals surface area (Å²) in [5, 5.41) is 9.44. The van der Waals surface area contributed by atoms with Gasteiger partial charge in [-0.05, 0) is 19.1 Å². The van der Waals surface area contributed by atoms with E-state index in [2.05, 4.69) is 4.98 Å². The second kappa shape index (κ2) is 5.30. The smallest absolute Gasteiger partial charge is 0.313 e. The van der Waals surface area contributed by atoms with Crippen molar-refractivity contribution in [2.75, 3.05) is 12.9 Å². The van der Waals surface area contributed by atoms with Crippen molar-refractivity contribution < 1.29 is 14.6 Å². The van der Waals surface area contributed by atoms with Crippen LogP contribution in [0.2, 0.25) is 0 Å². The van der Waals surface area contributed by atoms with Crippen LogP contribution in [-0.4, -0.2) is 33.5 Å². The second-order valence-corrected chi connectivity index (χ2v) is 4.62. The van der Waals surface area contributed by atoms with E-state index in [9.17, 15) is 4.79 Å². The van der Waals surface area contributed by atoms with Crippen LogP contribution in [0.25, 0.3) is 11.0 Å². The van der Waals surface area contributed by atoms with Crippen LogP contribution in [0.15, 0.2) is 23.4 Å². The molecule has 0 aliphatic heterocycles. The van der Waals surface area contributed by atoms with E-state index in [-0.39, 0.29) is 5.75 Å². The van der Waals surface area contributed by atoms with Crippen molar-refractivity contribution >= 4 is 28.8 Å². The molecule has 0 saturated heterocycles. The van der Waals surface area contributed by atoms with Gasteiger partial charge >= 0.3 is 5.97 Å². The van der Waals surface area contributed by atoms with Gasteiger partial charge in [-0.3, -0.25) is 4.79 Å². The number of methoxy groups -OCH3 is 1. The Kier molecular flexibility index (Phi) is 3.76. The predicted octanol–water partition coefficient (Wildman–Crippen LogP) is 2.24. The molecule has 1 aromatic heterocycles. The van der Waals surface area contributed by atoms with Crippen molar-refractivity contribution in [3.8, 4) is 5.75 Å². The number of carboxylic acids is 1. The summed E-state index contributed by atoms with van der Waals surface area (Å²) < 4.78 is 7.16. The van der Waals surface area contributed by atoms with Gasteiger partial charge in [0.15, 0.2) is 5.16 Å². The number of aromatic nitrogens is 2. The number of carbonyl (C=O) groups is 1. The number of thioether (sulfide) groups is 1. The molecule has 5 nitrogen and oxygen atoms in total. The van der Waals surface area contributed by atoms with Crippen molar-refractivity contribution in [1.29, 1.82) is 0 Å². The van der Waals surface area contributed by atoms with Crippen molar-refractivity contribution in [1.82, 2.24) is 9.55 Å². The molecule has 1 aromatic carbocycles. The van der Waals surface area contributed by atoms with E-state index in [0.29, 0.717) is 0 Å². The van der Waals surface area contributed by atoms with E-state index in [4.69, 9.17) is 9.84 Å². The Hall–Kier alpha value is -1.69. The molecule has 2 rings (SSSR count). The number of rotatable bonds is 5. The Morgan fingerprint density at radius 1 is 1.56 bits per heavy atom. The zero-order chi connectivity index (χ0) is 13.1. The average Bonchev–Trinajstić information content (AvgIpc) is 2.72. The van der Waals surface area contributed by atoms with Crippen LogP contribution in [0.5, 0.6) is 5.75 Å². The molecule has 96 valence electrons. The van der Waals surface area contributed by atoms with Crippen LogP contribution in [0, 0.1) is 0 Å². The van der Waals surface area contributed by atoms with Crippen LogP contribution in [-0.2, 0) is 11.3 Å². The van der Waals surface area contributed by atoms with Gasteiger partial charge in [0.25, 0.3) is 0 Å². The summed E-state index contributed by atoms with van der Waals surface area (Å²) in [6.07, 6.45) is 0. The molecule has 0 amide bonds. The number of benzene rings is 1. The topological polar surface area (TPSA) is 64.4 Å². The molecule has 0 aliphatic rings. The van der Waals surface area contributed by atoms with Gasteiger partial charge in [-0.1, -0.05) is 11.8 Å². The maximum atomic E-state index is 10.6. The fraction of sp³-hybridized carbons (Fsp3) is 0.333. The van der Waals surface area contributed by atoms with Gasteiger partial charge < -0.3 is 14.4 Å². The number of hydrogen-bond donors (Lipinski definition) is 1. The lowest BCUT2D eigenvalue weighted by atomic mass is 10.3. The molecule has 1 N–H and O–H groups in total. The van der Waals surface area contributed by atoms with Gasteiger partial charge in [0.2, 0.25) is 0 Å². The summed E-state index contributed by atoms with van der Waals surface area (Å²) >= 11 is 1.23. The highest BCUT2D eigenvalue weighted by Crippen LogP contribution is 2.26. The molecule has 2 aromatic rings.